The zero-order valence-corrected chi connectivity index (χ0v) is 18.6. The van der Waals surface area contributed by atoms with Crippen molar-refractivity contribution >= 4 is 33.2 Å². The van der Waals surface area contributed by atoms with Gasteiger partial charge in [-0.05, 0) is 11.1 Å². The number of ether oxygens (including phenoxy) is 2. The van der Waals surface area contributed by atoms with Crippen LogP contribution in [0.2, 0.25) is 0 Å². The van der Waals surface area contributed by atoms with E-state index in [2.05, 4.69) is 5.32 Å². The first-order valence-electron chi connectivity index (χ1n) is 9.66. The number of nitrogens with zero attached hydrogens (tertiary/aromatic N) is 2. The molecule has 34 heavy (non-hydrogen) atoms. The molecule has 3 rings (SSSR count). The van der Waals surface area contributed by atoms with Crippen LogP contribution in [0.15, 0.2) is 48.5 Å². The second-order valence-electron chi connectivity index (χ2n) is 7.30. The molecule has 4 atom stereocenters. The molecule has 2 aromatic carbocycles. The number of rotatable bonds is 6. The van der Waals surface area contributed by atoms with Gasteiger partial charge in [-0.15, -0.1) is 0 Å². The fraction of sp³-hybridized carbons (Fsp3) is 0.300. The molecular formula is C20H19N3O10S. The van der Waals surface area contributed by atoms with E-state index in [-0.39, 0.29) is 22.5 Å². The summed E-state index contributed by atoms with van der Waals surface area (Å²) in [5.41, 5.74) is -0.0904. The van der Waals surface area contributed by atoms with Crippen molar-refractivity contribution in [3.05, 3.63) is 79.9 Å². The molecule has 2 aromatic rings. The van der Waals surface area contributed by atoms with Gasteiger partial charge in [-0.3, -0.25) is 35.1 Å². The lowest BCUT2D eigenvalue weighted by atomic mass is 9.96. The summed E-state index contributed by atoms with van der Waals surface area (Å²) in [4.78, 5) is 45.9. The molecule has 14 heteroatoms. The summed E-state index contributed by atoms with van der Waals surface area (Å²) >= 11 is 0. The fourth-order valence-corrected chi connectivity index (χ4v) is 6.10. The Morgan fingerprint density at radius 3 is 1.35 bits per heavy atom. The number of esters is 2. The van der Waals surface area contributed by atoms with Crippen LogP contribution in [0.4, 0.5) is 11.4 Å². The number of hydrogen-bond acceptors (Lipinski definition) is 11. The van der Waals surface area contributed by atoms with Crippen molar-refractivity contribution in [1.29, 1.82) is 0 Å². The van der Waals surface area contributed by atoms with Crippen molar-refractivity contribution in [1.82, 2.24) is 5.32 Å². The predicted molar refractivity (Wildman–Crippen MR) is 115 cm³/mol. The Balaban J connectivity index is 2.18. The molecule has 1 saturated heterocycles. The van der Waals surface area contributed by atoms with Crippen LogP contribution in [0.5, 0.6) is 0 Å². The van der Waals surface area contributed by atoms with E-state index in [0.29, 0.717) is 0 Å². The number of non-ortho nitro benzene ring substituents is 2. The monoisotopic (exact) mass is 493 g/mol. The Bertz CT molecular complexity index is 1140. The van der Waals surface area contributed by atoms with Gasteiger partial charge in [-0.25, -0.2) is 8.42 Å². The number of nitro groups is 2. The third-order valence-corrected chi connectivity index (χ3v) is 7.81. The van der Waals surface area contributed by atoms with Gasteiger partial charge in [0.05, 0.1) is 36.1 Å². The summed E-state index contributed by atoms with van der Waals surface area (Å²) in [5, 5.41) is 21.2. The van der Waals surface area contributed by atoms with Gasteiger partial charge >= 0.3 is 11.9 Å². The highest BCUT2D eigenvalue weighted by Gasteiger charge is 2.56. The Kier molecular flexibility index (Phi) is 6.93. The van der Waals surface area contributed by atoms with Crippen LogP contribution < -0.4 is 5.32 Å². The molecule has 13 nitrogen and oxygen atoms in total. The number of nitro benzene ring substituents is 2. The van der Waals surface area contributed by atoms with Gasteiger partial charge < -0.3 is 9.47 Å². The second-order valence-corrected chi connectivity index (χ2v) is 9.49. The predicted octanol–water partition coefficient (Wildman–Crippen LogP) is 1.39. The lowest BCUT2D eigenvalue weighted by molar-refractivity contribution is -0.385. The Hall–Kier alpha value is -3.91. The zero-order chi connectivity index (χ0) is 25.2. The highest BCUT2D eigenvalue weighted by Crippen LogP contribution is 2.39. The molecule has 0 saturated carbocycles. The van der Waals surface area contributed by atoms with Crippen LogP contribution in [0.25, 0.3) is 0 Å². The van der Waals surface area contributed by atoms with Crippen molar-refractivity contribution in [2.45, 2.75) is 22.6 Å². The highest BCUT2D eigenvalue weighted by atomic mass is 32.2. The van der Waals surface area contributed by atoms with E-state index in [9.17, 15) is 38.2 Å². The van der Waals surface area contributed by atoms with Gasteiger partial charge in [-0.1, -0.05) is 24.3 Å². The molecule has 0 spiro atoms. The van der Waals surface area contributed by atoms with Crippen LogP contribution >= 0.6 is 0 Å². The van der Waals surface area contributed by atoms with E-state index in [1.54, 1.807) is 0 Å². The lowest BCUT2D eigenvalue weighted by Gasteiger charge is -2.40. The molecule has 1 N–H and O–H groups in total. The summed E-state index contributed by atoms with van der Waals surface area (Å²) in [6.07, 6.45) is 0. The van der Waals surface area contributed by atoms with Gasteiger partial charge in [0.25, 0.3) is 11.4 Å². The molecule has 0 aromatic heterocycles. The number of carbonyl (C=O) groups excluding carboxylic acids is 2. The van der Waals surface area contributed by atoms with E-state index >= 15 is 0 Å². The average molecular weight is 493 g/mol. The molecule has 0 amide bonds. The number of methoxy groups -OCH3 is 2. The molecule has 0 radical (unpaired) electrons. The Morgan fingerprint density at radius 1 is 0.765 bits per heavy atom. The quantitative estimate of drug-likeness (QED) is 0.348. The first-order chi connectivity index (χ1) is 16.0. The lowest BCUT2D eigenvalue weighted by Crippen LogP contribution is -2.59. The minimum absolute atomic E-state index is 0.208. The largest absolute Gasteiger partial charge is 0.468 e. The summed E-state index contributed by atoms with van der Waals surface area (Å²) < 4.78 is 36.5. The molecule has 0 aliphatic carbocycles. The maximum atomic E-state index is 13.6. The van der Waals surface area contributed by atoms with Crippen molar-refractivity contribution in [3.8, 4) is 0 Å². The third kappa shape index (κ3) is 4.45. The number of nitrogens with one attached hydrogen (secondary N) is 1. The third-order valence-electron chi connectivity index (χ3n) is 5.47. The van der Waals surface area contributed by atoms with Crippen LogP contribution in [0.1, 0.15) is 23.2 Å². The van der Waals surface area contributed by atoms with Gasteiger partial charge in [0, 0.05) is 24.3 Å². The van der Waals surface area contributed by atoms with Crippen molar-refractivity contribution in [3.63, 3.8) is 0 Å². The van der Waals surface area contributed by atoms with Gasteiger partial charge in [0.1, 0.15) is 0 Å². The topological polar surface area (TPSA) is 185 Å². The summed E-state index contributed by atoms with van der Waals surface area (Å²) in [7, 11) is -2.64. The first kappa shape index (κ1) is 24.7. The van der Waals surface area contributed by atoms with E-state index in [4.69, 9.17) is 9.47 Å². The van der Waals surface area contributed by atoms with E-state index in [1.165, 1.54) is 24.3 Å². The molecule has 1 aliphatic rings. The smallest absolute Gasteiger partial charge is 0.326 e. The number of sulfone groups is 1. The highest BCUT2D eigenvalue weighted by molar-refractivity contribution is 7.94. The number of carbonyl (C=O) groups is 2. The number of hydrogen-bond donors (Lipinski definition) is 1. The van der Waals surface area contributed by atoms with Crippen molar-refractivity contribution in [2.75, 3.05) is 14.2 Å². The molecule has 1 aliphatic heterocycles. The van der Waals surface area contributed by atoms with E-state index in [1.807, 2.05) is 0 Å². The van der Waals surface area contributed by atoms with E-state index in [0.717, 1.165) is 38.5 Å². The maximum Gasteiger partial charge on any atom is 0.326 e. The molecule has 0 bridgehead atoms. The Morgan fingerprint density at radius 2 is 1.09 bits per heavy atom. The second kappa shape index (κ2) is 9.52. The van der Waals surface area contributed by atoms with Crippen LogP contribution in [0.3, 0.4) is 0 Å². The first-order valence-corrected chi connectivity index (χ1v) is 11.3. The number of benzene rings is 2. The molecule has 1 heterocycles. The minimum Gasteiger partial charge on any atom is -0.468 e. The fourth-order valence-electron chi connectivity index (χ4n) is 3.83. The molecule has 1 fully saturated rings. The van der Waals surface area contributed by atoms with E-state index < -0.39 is 54.2 Å². The molecule has 180 valence electrons. The molecular weight excluding hydrogens is 474 g/mol. The average Bonchev–Trinajstić information content (AvgIpc) is 2.82. The summed E-state index contributed by atoms with van der Waals surface area (Å²) in [6.45, 7) is 0. The SMILES string of the molecule is COC(=O)[C@@H]1[C@@H](c2ccc([N+](=O)[O-])cc2)N[C@H](c2ccc([N+](=O)[O-])cc2)[C@H](C(=O)OC)S1(=O)=O. The summed E-state index contributed by atoms with van der Waals surface area (Å²) in [5.74, 6) is -2.29. The standard InChI is InChI=1S/C20H19N3O10S/c1-32-19(24)17-15(11-3-7-13(8-4-11)22(26)27)21-16(18(20(25)33-2)34(17,30)31)12-5-9-14(10-6-12)23(28)29/h3-10,15-18,21H,1-2H3/t15-,16-,17-,18+/m1/s1. The van der Waals surface area contributed by atoms with Gasteiger partial charge in [-0.2, -0.15) is 0 Å². The van der Waals surface area contributed by atoms with Gasteiger partial charge in [0.2, 0.25) is 0 Å². The zero-order valence-electron chi connectivity index (χ0n) is 17.8. The van der Waals surface area contributed by atoms with Crippen LogP contribution in [-0.4, -0.2) is 54.9 Å². The minimum atomic E-state index is -4.61. The maximum absolute atomic E-state index is 13.6. The van der Waals surface area contributed by atoms with Crippen molar-refractivity contribution in [2.24, 2.45) is 0 Å². The van der Waals surface area contributed by atoms with Crippen LogP contribution in [0, 0.1) is 20.2 Å². The Labute approximate surface area is 192 Å². The van der Waals surface area contributed by atoms with Gasteiger partial charge in [0.15, 0.2) is 20.3 Å². The summed E-state index contributed by atoms with van der Waals surface area (Å²) in [6, 6.07) is 7.18. The van der Waals surface area contributed by atoms with Crippen LogP contribution in [-0.2, 0) is 28.9 Å². The normalized spacial score (nSPS) is 23.5. The molecule has 0 unspecified atom stereocenters. The van der Waals surface area contributed by atoms with Crippen molar-refractivity contribution < 1.29 is 37.3 Å².